The van der Waals surface area contributed by atoms with Crippen LogP contribution in [0.25, 0.3) is 10.9 Å². The highest BCUT2D eigenvalue weighted by Gasteiger charge is 2.43. The summed E-state index contributed by atoms with van der Waals surface area (Å²) in [5.41, 5.74) is 1.84. The van der Waals surface area contributed by atoms with Crippen molar-refractivity contribution in [3.05, 3.63) is 35.0 Å². The number of carbonyl (C=O) groups is 1. The van der Waals surface area contributed by atoms with Crippen molar-refractivity contribution in [1.82, 2.24) is 19.3 Å². The van der Waals surface area contributed by atoms with Crippen LogP contribution in [0.15, 0.2) is 24.3 Å². The fourth-order valence-electron chi connectivity index (χ4n) is 4.50. The molecule has 0 atom stereocenters. The Morgan fingerprint density at radius 1 is 1.08 bits per heavy atom. The monoisotopic (exact) mass is 374 g/mol. The van der Waals surface area contributed by atoms with Gasteiger partial charge in [-0.1, -0.05) is 17.7 Å². The summed E-state index contributed by atoms with van der Waals surface area (Å²) < 4.78 is 1.98. The summed E-state index contributed by atoms with van der Waals surface area (Å²) in [6.45, 7) is 4.71. The highest BCUT2D eigenvalue weighted by atomic mass is 35.5. The smallest absolute Gasteiger partial charge is 0.270 e. The number of aromatic nitrogens is 1. The van der Waals surface area contributed by atoms with Gasteiger partial charge in [-0.05, 0) is 58.2 Å². The topological polar surface area (TPSA) is 31.7 Å². The van der Waals surface area contributed by atoms with Crippen molar-refractivity contribution in [3.63, 3.8) is 0 Å². The van der Waals surface area contributed by atoms with Gasteiger partial charge in [0.2, 0.25) is 0 Å². The molecule has 5 nitrogen and oxygen atoms in total. The largest absolute Gasteiger partial charge is 0.340 e. The van der Waals surface area contributed by atoms with Gasteiger partial charge in [0.05, 0.1) is 0 Å². The average molecular weight is 375 g/mol. The van der Waals surface area contributed by atoms with Crippen molar-refractivity contribution >= 4 is 28.4 Å². The van der Waals surface area contributed by atoms with Crippen molar-refractivity contribution in [1.29, 1.82) is 0 Å². The van der Waals surface area contributed by atoms with Crippen molar-refractivity contribution < 1.29 is 4.79 Å². The molecular weight excluding hydrogens is 348 g/mol. The average Bonchev–Trinajstić information content (AvgIpc) is 2.98. The molecule has 0 unspecified atom stereocenters. The van der Waals surface area contributed by atoms with Crippen LogP contribution in [-0.4, -0.2) is 77.5 Å². The Balaban J connectivity index is 1.62. The number of hydrogen-bond acceptors (Lipinski definition) is 3. The molecule has 1 spiro atoms. The van der Waals surface area contributed by atoms with E-state index in [1.807, 2.05) is 40.8 Å². The molecule has 140 valence electrons. The Morgan fingerprint density at radius 3 is 2.50 bits per heavy atom. The van der Waals surface area contributed by atoms with Gasteiger partial charge < -0.3 is 14.4 Å². The molecular formula is C20H27ClN4O. The maximum absolute atomic E-state index is 13.3. The van der Waals surface area contributed by atoms with Gasteiger partial charge in [0, 0.05) is 48.1 Å². The third-order valence-electron chi connectivity index (χ3n) is 6.46. The van der Waals surface area contributed by atoms with Gasteiger partial charge in [0.25, 0.3) is 5.91 Å². The lowest BCUT2D eigenvalue weighted by Gasteiger charge is -2.52. The van der Waals surface area contributed by atoms with Gasteiger partial charge in [-0.2, -0.15) is 0 Å². The van der Waals surface area contributed by atoms with Gasteiger partial charge in [-0.15, -0.1) is 0 Å². The second-order valence-corrected chi connectivity index (χ2v) is 8.34. The maximum atomic E-state index is 13.3. The number of carbonyl (C=O) groups excluding carboxylic acids is 1. The summed E-state index contributed by atoms with van der Waals surface area (Å²) in [6.07, 6.45) is 2.23. The molecule has 4 rings (SSSR count). The minimum Gasteiger partial charge on any atom is -0.340 e. The minimum absolute atomic E-state index is 0.114. The lowest BCUT2D eigenvalue weighted by atomic mass is 9.84. The second kappa shape index (κ2) is 6.55. The van der Waals surface area contributed by atoms with Gasteiger partial charge in [-0.3, -0.25) is 9.69 Å². The number of piperidine rings is 1. The van der Waals surface area contributed by atoms with E-state index in [0.717, 1.165) is 62.2 Å². The van der Waals surface area contributed by atoms with E-state index >= 15 is 0 Å². The molecule has 0 N–H and O–H groups in total. The predicted molar refractivity (Wildman–Crippen MR) is 106 cm³/mol. The predicted octanol–water partition coefficient (Wildman–Crippen LogP) is 2.68. The van der Waals surface area contributed by atoms with Gasteiger partial charge >= 0.3 is 0 Å². The van der Waals surface area contributed by atoms with Crippen LogP contribution in [0.3, 0.4) is 0 Å². The zero-order chi connectivity index (χ0) is 18.5. The standard InChI is InChI=1S/C20H27ClN4O/c1-22-9-7-20(8-10-22)14-25(12-11-23(20)2)19(26)18-13-15-16(21)5-4-6-17(15)24(18)3/h4-6,13H,7-12,14H2,1-3H3. The van der Waals surface area contributed by atoms with Crippen LogP contribution in [0, 0.1) is 0 Å². The number of fused-ring (bicyclic) bond motifs is 1. The first-order chi connectivity index (χ1) is 12.4. The number of halogens is 1. The Morgan fingerprint density at radius 2 is 1.81 bits per heavy atom. The molecule has 2 saturated heterocycles. The van der Waals surface area contributed by atoms with E-state index in [4.69, 9.17) is 11.6 Å². The van der Waals surface area contributed by atoms with Gasteiger partial charge in [0.1, 0.15) is 5.69 Å². The van der Waals surface area contributed by atoms with Crippen molar-refractivity contribution in [2.75, 3.05) is 46.8 Å². The van der Waals surface area contributed by atoms with E-state index in [-0.39, 0.29) is 11.4 Å². The number of hydrogen-bond donors (Lipinski definition) is 0. The Hall–Kier alpha value is -1.56. The molecule has 3 heterocycles. The summed E-state index contributed by atoms with van der Waals surface area (Å²) in [7, 11) is 6.34. The first kappa shape index (κ1) is 17.8. The van der Waals surface area contributed by atoms with Crippen molar-refractivity contribution in [2.45, 2.75) is 18.4 Å². The third-order valence-corrected chi connectivity index (χ3v) is 6.79. The van der Waals surface area contributed by atoms with Crippen LogP contribution in [-0.2, 0) is 7.05 Å². The normalized spacial score (nSPS) is 21.6. The molecule has 0 aliphatic carbocycles. The SMILES string of the molecule is CN1CCC2(CC1)CN(C(=O)c1cc3c(Cl)cccc3n1C)CCN2C. The number of likely N-dealkylation sites (tertiary alicyclic amines) is 1. The lowest BCUT2D eigenvalue weighted by molar-refractivity contribution is -0.0173. The number of nitrogens with zero attached hydrogens (tertiary/aromatic N) is 4. The van der Waals surface area contributed by atoms with Crippen LogP contribution in [0.1, 0.15) is 23.3 Å². The van der Waals surface area contributed by atoms with Crippen molar-refractivity contribution in [3.8, 4) is 0 Å². The lowest BCUT2D eigenvalue weighted by Crippen LogP contribution is -2.65. The number of benzene rings is 1. The van der Waals surface area contributed by atoms with Crippen LogP contribution in [0.4, 0.5) is 0 Å². The molecule has 2 aromatic rings. The van der Waals surface area contributed by atoms with Gasteiger partial charge in [-0.25, -0.2) is 0 Å². The molecule has 2 fully saturated rings. The molecule has 0 bridgehead atoms. The number of aryl methyl sites for hydroxylation is 1. The molecule has 2 aliphatic heterocycles. The highest BCUT2D eigenvalue weighted by molar-refractivity contribution is 6.35. The van der Waals surface area contributed by atoms with E-state index in [1.54, 1.807) is 0 Å². The van der Waals surface area contributed by atoms with Crippen LogP contribution in [0.5, 0.6) is 0 Å². The van der Waals surface area contributed by atoms with Crippen LogP contribution >= 0.6 is 11.6 Å². The number of piperazine rings is 1. The summed E-state index contributed by atoms with van der Waals surface area (Å²) in [6, 6.07) is 7.77. The van der Waals surface area contributed by atoms with E-state index in [9.17, 15) is 4.79 Å². The molecule has 1 aromatic heterocycles. The zero-order valence-corrected chi connectivity index (χ0v) is 16.6. The molecule has 0 radical (unpaired) electrons. The van der Waals surface area contributed by atoms with Crippen molar-refractivity contribution in [2.24, 2.45) is 7.05 Å². The van der Waals surface area contributed by atoms with E-state index in [1.165, 1.54) is 0 Å². The summed E-state index contributed by atoms with van der Waals surface area (Å²) in [4.78, 5) is 20.2. The summed E-state index contributed by atoms with van der Waals surface area (Å²) in [5.74, 6) is 0.117. The molecule has 0 saturated carbocycles. The first-order valence-electron chi connectivity index (χ1n) is 9.34. The van der Waals surface area contributed by atoms with E-state index in [0.29, 0.717) is 5.02 Å². The molecule has 6 heteroatoms. The zero-order valence-electron chi connectivity index (χ0n) is 15.8. The quantitative estimate of drug-likeness (QED) is 0.769. The van der Waals surface area contributed by atoms with Gasteiger partial charge in [0.15, 0.2) is 0 Å². The number of rotatable bonds is 1. The number of likely N-dealkylation sites (N-methyl/N-ethyl adjacent to an activating group) is 1. The second-order valence-electron chi connectivity index (χ2n) is 7.94. The molecule has 2 aliphatic rings. The fraction of sp³-hybridized carbons (Fsp3) is 0.550. The Bertz CT molecular complexity index is 838. The van der Waals surface area contributed by atoms with E-state index < -0.39 is 0 Å². The van der Waals surface area contributed by atoms with Crippen LogP contribution < -0.4 is 0 Å². The fourth-order valence-corrected chi connectivity index (χ4v) is 4.73. The maximum Gasteiger partial charge on any atom is 0.270 e. The summed E-state index contributed by atoms with van der Waals surface area (Å²) >= 11 is 6.33. The Labute approximate surface area is 160 Å². The Kier molecular flexibility index (Phi) is 4.49. The minimum atomic E-state index is 0.114. The summed E-state index contributed by atoms with van der Waals surface area (Å²) in [5, 5.41) is 1.64. The van der Waals surface area contributed by atoms with Crippen LogP contribution in [0.2, 0.25) is 5.02 Å². The molecule has 1 aromatic carbocycles. The first-order valence-corrected chi connectivity index (χ1v) is 9.72. The molecule has 1 amide bonds. The molecule has 26 heavy (non-hydrogen) atoms. The number of amides is 1. The highest BCUT2D eigenvalue weighted by Crippen LogP contribution is 2.33. The third kappa shape index (κ3) is 2.82. The van der Waals surface area contributed by atoms with E-state index in [2.05, 4.69) is 23.9 Å².